The number of hydrogen-bond donors (Lipinski definition) is 2. The van der Waals surface area contributed by atoms with E-state index in [0.29, 0.717) is 18.2 Å². The third-order valence-electron chi connectivity index (χ3n) is 6.39. The smallest absolute Gasteiger partial charge is 0.278 e. The molecule has 1 fully saturated rings. The molecule has 1 aliphatic rings. The van der Waals surface area contributed by atoms with Crippen LogP contribution in [-0.2, 0) is 0 Å². The van der Waals surface area contributed by atoms with E-state index < -0.39 is 0 Å². The Morgan fingerprint density at radius 3 is 2.76 bits per heavy atom. The highest BCUT2D eigenvalue weighted by atomic mass is 19.1. The summed E-state index contributed by atoms with van der Waals surface area (Å²) < 4.78 is 14.3. The van der Waals surface area contributed by atoms with E-state index in [1.165, 1.54) is 0 Å². The van der Waals surface area contributed by atoms with Crippen molar-refractivity contribution in [2.45, 2.75) is 45.7 Å². The first-order chi connectivity index (χ1) is 18.4. The van der Waals surface area contributed by atoms with Crippen molar-refractivity contribution < 1.29 is 9.18 Å². The van der Waals surface area contributed by atoms with Crippen molar-refractivity contribution in [3.63, 3.8) is 0 Å². The molecule has 10 nitrogen and oxygen atoms in total. The highest BCUT2D eigenvalue weighted by Crippen LogP contribution is 2.22. The number of nitrogens with one attached hydrogen (secondary N) is 2. The van der Waals surface area contributed by atoms with E-state index in [4.69, 9.17) is 0 Å². The minimum atomic E-state index is -0.377. The van der Waals surface area contributed by atoms with Crippen molar-refractivity contribution in [2.24, 2.45) is 9.98 Å². The zero-order chi connectivity index (χ0) is 27.1. The van der Waals surface area contributed by atoms with Crippen molar-refractivity contribution >= 4 is 34.9 Å². The van der Waals surface area contributed by atoms with Gasteiger partial charge >= 0.3 is 0 Å². The number of piperidine rings is 1. The maximum atomic E-state index is 12.9. The van der Waals surface area contributed by atoms with Crippen LogP contribution >= 0.6 is 0 Å². The monoisotopic (exact) mass is 519 g/mol. The Bertz CT molecular complexity index is 1340. The van der Waals surface area contributed by atoms with Crippen LogP contribution in [0.15, 0.2) is 58.7 Å². The van der Waals surface area contributed by atoms with Gasteiger partial charge in [0.05, 0.1) is 18.4 Å². The molecule has 11 heteroatoms. The van der Waals surface area contributed by atoms with Crippen LogP contribution in [0.1, 0.15) is 55.7 Å². The minimum absolute atomic E-state index is 0.149. The molecule has 4 rings (SSSR count). The molecule has 0 aliphatic carbocycles. The molecule has 1 saturated heterocycles. The maximum Gasteiger partial charge on any atom is 0.278 e. The third kappa shape index (κ3) is 6.86. The molecule has 0 atom stereocenters. The van der Waals surface area contributed by atoms with Crippen molar-refractivity contribution in [1.29, 1.82) is 0 Å². The molecule has 200 valence electrons. The lowest BCUT2D eigenvalue weighted by Crippen LogP contribution is -2.36. The van der Waals surface area contributed by atoms with Crippen LogP contribution in [0.2, 0.25) is 0 Å². The normalized spacial score (nSPS) is 15.7. The molecule has 0 bridgehead atoms. The Labute approximate surface area is 221 Å². The van der Waals surface area contributed by atoms with Crippen LogP contribution in [0.4, 0.5) is 10.2 Å². The van der Waals surface area contributed by atoms with Crippen molar-refractivity contribution in [1.82, 2.24) is 30.2 Å². The molecule has 1 amide bonds. The first kappa shape index (κ1) is 27.1. The maximum absolute atomic E-state index is 12.9. The van der Waals surface area contributed by atoms with Crippen molar-refractivity contribution in [3.8, 4) is 0 Å². The minimum Gasteiger partial charge on any atom is -0.367 e. The lowest BCUT2D eigenvalue weighted by molar-refractivity contribution is 0.102. The van der Waals surface area contributed by atoms with Gasteiger partial charge in [-0.2, -0.15) is 0 Å². The molecular formula is C27H34FN9O. The topological polar surface area (TPSA) is 113 Å². The number of aromatic nitrogens is 4. The molecule has 2 N–H and O–H groups in total. The summed E-state index contributed by atoms with van der Waals surface area (Å²) in [6.45, 7) is 11.2. The number of nitrogens with zero attached hydrogens (tertiary/aromatic N) is 7. The first-order valence-corrected chi connectivity index (χ1v) is 12.8. The number of pyridine rings is 1. The van der Waals surface area contributed by atoms with Gasteiger partial charge in [0.15, 0.2) is 5.69 Å². The average Bonchev–Trinajstić information content (AvgIpc) is 3.39. The summed E-state index contributed by atoms with van der Waals surface area (Å²) in [6.07, 6.45) is 6.66. The summed E-state index contributed by atoms with van der Waals surface area (Å²) in [5.74, 6) is 0.674. The number of fused-ring (bicyclic) bond motifs is 1. The van der Waals surface area contributed by atoms with Crippen LogP contribution in [0, 0.1) is 0 Å². The number of halogens is 1. The zero-order valence-electron chi connectivity index (χ0n) is 22.1. The highest BCUT2D eigenvalue weighted by molar-refractivity contribution is 6.04. The molecule has 0 saturated carbocycles. The number of benzene rings is 1. The number of aliphatic imine (C=N–C) groups is 2. The number of rotatable bonds is 10. The number of likely N-dealkylation sites (tertiary alicyclic amines) is 1. The van der Waals surface area contributed by atoms with Gasteiger partial charge in [-0.05, 0) is 63.4 Å². The fourth-order valence-corrected chi connectivity index (χ4v) is 4.43. The third-order valence-corrected chi connectivity index (χ3v) is 6.39. The predicted molar refractivity (Wildman–Crippen MR) is 149 cm³/mol. The number of hydrogen-bond acceptors (Lipinski definition) is 8. The summed E-state index contributed by atoms with van der Waals surface area (Å²) in [7, 11) is 0. The molecule has 0 unspecified atom stereocenters. The van der Waals surface area contributed by atoms with E-state index in [1.54, 1.807) is 23.3 Å². The van der Waals surface area contributed by atoms with Gasteiger partial charge in [-0.3, -0.25) is 9.79 Å². The fraction of sp³-hybridized carbons (Fsp3) is 0.407. The van der Waals surface area contributed by atoms with Crippen molar-refractivity contribution in [3.05, 3.63) is 59.9 Å². The summed E-state index contributed by atoms with van der Waals surface area (Å²) in [6, 6.07) is 8.13. The lowest BCUT2D eigenvalue weighted by Gasteiger charge is -2.30. The zero-order valence-corrected chi connectivity index (χ0v) is 22.1. The average molecular weight is 520 g/mol. The van der Waals surface area contributed by atoms with Gasteiger partial charge in [0.25, 0.3) is 5.91 Å². The molecule has 0 spiro atoms. The Balaban J connectivity index is 1.46. The summed E-state index contributed by atoms with van der Waals surface area (Å²) in [5, 5.41) is 16.2. The number of anilines is 1. The van der Waals surface area contributed by atoms with Gasteiger partial charge in [-0.1, -0.05) is 17.3 Å². The van der Waals surface area contributed by atoms with E-state index in [9.17, 15) is 9.18 Å². The predicted octanol–water partition coefficient (Wildman–Crippen LogP) is 3.99. The second-order valence-electron chi connectivity index (χ2n) is 9.62. The summed E-state index contributed by atoms with van der Waals surface area (Å²) >= 11 is 0. The molecule has 1 aliphatic heterocycles. The standard InChI is InChI=1S/C27H34FN9O/c1-18(2)31-26(16-29-4)32-19(3)20-5-6-21-15-30-25(14-22(21)13-20)33-27(38)24-17-37(35-34-24)23-7-10-36(11-8-23)12-9-28/h5-6,13-18,23,31H,4,7-12H2,1-3H3,(H,30,33,38)/b26-16-,32-19?. The molecule has 0 radical (unpaired) electrons. The summed E-state index contributed by atoms with van der Waals surface area (Å²) in [4.78, 5) is 27.8. The second-order valence-corrected chi connectivity index (χ2v) is 9.62. The number of carbonyl (C=O) groups is 1. The summed E-state index contributed by atoms with van der Waals surface area (Å²) in [5.41, 5.74) is 1.97. The Morgan fingerprint density at radius 2 is 2.05 bits per heavy atom. The Hall–Kier alpha value is -3.99. The van der Waals surface area contributed by atoms with Crippen LogP contribution in [0.5, 0.6) is 0 Å². The Morgan fingerprint density at radius 1 is 1.26 bits per heavy atom. The number of carbonyl (C=O) groups excluding carboxylic acids is 1. The number of amides is 1. The molecule has 38 heavy (non-hydrogen) atoms. The van der Waals surface area contributed by atoms with E-state index in [1.807, 2.05) is 45.0 Å². The molecular weight excluding hydrogens is 485 g/mol. The van der Waals surface area contributed by atoms with Gasteiger partial charge < -0.3 is 15.5 Å². The van der Waals surface area contributed by atoms with Crippen LogP contribution in [0.25, 0.3) is 10.8 Å². The molecule has 2 aromatic heterocycles. The van der Waals surface area contributed by atoms with E-state index in [-0.39, 0.29) is 30.4 Å². The van der Waals surface area contributed by atoms with E-state index in [2.05, 4.69) is 47.5 Å². The van der Waals surface area contributed by atoms with Crippen LogP contribution < -0.4 is 10.6 Å². The fourth-order valence-electron chi connectivity index (χ4n) is 4.43. The van der Waals surface area contributed by atoms with E-state index in [0.717, 1.165) is 48.0 Å². The second kappa shape index (κ2) is 12.5. The van der Waals surface area contributed by atoms with Gasteiger partial charge in [0.2, 0.25) is 0 Å². The van der Waals surface area contributed by atoms with Crippen molar-refractivity contribution in [2.75, 3.05) is 31.6 Å². The molecule has 3 aromatic rings. The van der Waals surface area contributed by atoms with Crippen LogP contribution in [-0.4, -0.2) is 75.6 Å². The number of alkyl halides is 1. The quantitative estimate of drug-likeness (QED) is 0.392. The van der Waals surface area contributed by atoms with Crippen LogP contribution in [0.3, 0.4) is 0 Å². The molecule has 1 aromatic carbocycles. The molecule has 3 heterocycles. The lowest BCUT2D eigenvalue weighted by atomic mass is 10.1. The SMILES string of the molecule is C=N/C=C(\N=C(C)c1ccc2cnc(NC(=O)c3cn(C4CCN(CCF)CC4)nn3)cc2c1)NC(C)C. The van der Waals surface area contributed by atoms with Gasteiger partial charge in [-0.25, -0.2) is 19.0 Å². The largest absolute Gasteiger partial charge is 0.367 e. The highest BCUT2D eigenvalue weighted by Gasteiger charge is 2.22. The Kier molecular flexibility index (Phi) is 8.90. The van der Waals surface area contributed by atoms with Gasteiger partial charge in [0, 0.05) is 43.0 Å². The van der Waals surface area contributed by atoms with Gasteiger partial charge in [0.1, 0.15) is 18.3 Å². The van der Waals surface area contributed by atoms with Gasteiger partial charge in [-0.15, -0.1) is 5.10 Å². The first-order valence-electron chi connectivity index (χ1n) is 12.8. The van der Waals surface area contributed by atoms with E-state index >= 15 is 0 Å².